The Morgan fingerprint density at radius 3 is 2.65 bits per heavy atom. The summed E-state index contributed by atoms with van der Waals surface area (Å²) in [7, 11) is 0. The second kappa shape index (κ2) is 5.00. The Bertz CT molecular complexity index is 503. The topological polar surface area (TPSA) is 59.6 Å². The van der Waals surface area contributed by atoms with Gasteiger partial charge in [-0.25, -0.2) is 0 Å². The second-order valence-corrected chi connectivity index (χ2v) is 6.31. The minimum absolute atomic E-state index is 0.189. The monoisotopic (exact) mass is 273 g/mol. The van der Waals surface area contributed by atoms with Gasteiger partial charge in [0, 0.05) is 12.2 Å². The van der Waals surface area contributed by atoms with Crippen molar-refractivity contribution in [3.63, 3.8) is 0 Å². The van der Waals surface area contributed by atoms with Crippen molar-refractivity contribution in [1.29, 1.82) is 0 Å². The minimum Gasteiger partial charge on any atom is -0.491 e. The predicted molar refractivity (Wildman–Crippen MR) is 82.1 cm³/mol. The maximum Gasteiger partial charge on any atom is 0.193 e. The number of guanidine groups is 1. The van der Waals surface area contributed by atoms with Crippen LogP contribution in [-0.2, 0) is 0 Å². The Morgan fingerprint density at radius 2 is 2.10 bits per heavy atom. The highest BCUT2D eigenvalue weighted by molar-refractivity contribution is 5.92. The highest BCUT2D eigenvalue weighted by Gasteiger charge is 2.62. The van der Waals surface area contributed by atoms with Crippen LogP contribution in [0, 0.1) is 11.3 Å². The summed E-state index contributed by atoms with van der Waals surface area (Å²) in [6.07, 6.45) is 4.34. The zero-order valence-corrected chi connectivity index (χ0v) is 12.2. The van der Waals surface area contributed by atoms with Crippen molar-refractivity contribution in [3.8, 4) is 5.75 Å². The second-order valence-electron chi connectivity index (χ2n) is 6.31. The summed E-state index contributed by atoms with van der Waals surface area (Å²) in [6, 6.07) is 7.80. The van der Waals surface area contributed by atoms with E-state index in [1.807, 2.05) is 38.1 Å². The van der Waals surface area contributed by atoms with Crippen LogP contribution in [0.25, 0.3) is 0 Å². The molecule has 1 atom stereocenters. The van der Waals surface area contributed by atoms with Gasteiger partial charge in [-0.1, -0.05) is 0 Å². The van der Waals surface area contributed by atoms with E-state index in [4.69, 9.17) is 10.5 Å². The molecule has 108 valence electrons. The van der Waals surface area contributed by atoms with Crippen LogP contribution in [-0.4, -0.2) is 18.6 Å². The number of aliphatic imine (C=N–C) groups is 1. The zero-order valence-electron chi connectivity index (χ0n) is 12.2. The van der Waals surface area contributed by atoms with Gasteiger partial charge >= 0.3 is 0 Å². The molecule has 4 heteroatoms. The normalized spacial score (nSPS) is 22.9. The van der Waals surface area contributed by atoms with E-state index in [9.17, 15) is 0 Å². The Kier molecular flexibility index (Phi) is 3.32. The lowest BCUT2D eigenvalue weighted by molar-refractivity contribution is 0.242. The molecule has 0 bridgehead atoms. The molecule has 0 aromatic heterocycles. The van der Waals surface area contributed by atoms with Crippen LogP contribution in [0.5, 0.6) is 5.75 Å². The lowest BCUT2D eigenvalue weighted by Gasteiger charge is -2.10. The summed E-state index contributed by atoms with van der Waals surface area (Å²) < 4.78 is 5.60. The number of nitrogens with zero attached hydrogens (tertiary/aromatic N) is 1. The average molecular weight is 273 g/mol. The van der Waals surface area contributed by atoms with Crippen LogP contribution < -0.4 is 15.8 Å². The van der Waals surface area contributed by atoms with Gasteiger partial charge in [0.1, 0.15) is 5.75 Å². The van der Waals surface area contributed by atoms with Crippen molar-refractivity contribution in [1.82, 2.24) is 0 Å². The maximum atomic E-state index is 5.92. The maximum absolute atomic E-state index is 5.92. The quantitative estimate of drug-likeness (QED) is 0.640. The molecule has 1 spiro atoms. The first-order valence-corrected chi connectivity index (χ1v) is 7.41. The SMILES string of the molecule is CC(C)Oc1ccc(NC(N)=NCC2CC23CC3)cc1. The highest BCUT2D eigenvalue weighted by Crippen LogP contribution is 2.70. The number of hydrogen-bond acceptors (Lipinski definition) is 2. The summed E-state index contributed by atoms with van der Waals surface area (Å²) in [6.45, 7) is 4.90. The average Bonchev–Trinajstić information content (AvgIpc) is 3.30. The predicted octanol–water partition coefficient (Wildman–Crippen LogP) is 3.00. The van der Waals surface area contributed by atoms with E-state index in [1.54, 1.807) is 0 Å². The molecule has 3 N–H and O–H groups in total. The van der Waals surface area contributed by atoms with E-state index < -0.39 is 0 Å². The molecule has 0 saturated heterocycles. The third kappa shape index (κ3) is 3.06. The molecule has 3 rings (SSSR count). The number of anilines is 1. The fraction of sp³-hybridized carbons (Fsp3) is 0.562. The largest absolute Gasteiger partial charge is 0.491 e. The van der Waals surface area contributed by atoms with E-state index in [2.05, 4.69) is 10.3 Å². The van der Waals surface area contributed by atoms with E-state index in [-0.39, 0.29) is 6.10 Å². The molecule has 1 unspecified atom stereocenters. The van der Waals surface area contributed by atoms with E-state index in [0.717, 1.165) is 23.9 Å². The van der Waals surface area contributed by atoms with Crippen LogP contribution >= 0.6 is 0 Å². The van der Waals surface area contributed by atoms with Crippen molar-refractivity contribution >= 4 is 11.6 Å². The van der Waals surface area contributed by atoms with Crippen LogP contribution in [0.1, 0.15) is 33.1 Å². The van der Waals surface area contributed by atoms with Gasteiger partial charge in [0.2, 0.25) is 0 Å². The summed E-state index contributed by atoms with van der Waals surface area (Å²) in [5.41, 5.74) is 7.56. The number of hydrogen-bond donors (Lipinski definition) is 2. The van der Waals surface area contributed by atoms with Crippen molar-refractivity contribution in [3.05, 3.63) is 24.3 Å². The standard InChI is InChI=1S/C16H23N3O/c1-11(2)20-14-5-3-13(4-6-14)19-15(17)18-10-12-9-16(12)7-8-16/h3-6,11-12H,7-10H2,1-2H3,(H3,17,18,19). The molecule has 1 aromatic rings. The van der Waals surface area contributed by atoms with Crippen LogP contribution in [0.3, 0.4) is 0 Å². The lowest BCUT2D eigenvalue weighted by Crippen LogP contribution is -2.23. The van der Waals surface area contributed by atoms with Gasteiger partial charge < -0.3 is 15.8 Å². The third-order valence-corrected chi connectivity index (χ3v) is 4.23. The molecule has 0 amide bonds. The van der Waals surface area contributed by atoms with E-state index in [1.165, 1.54) is 19.3 Å². The summed E-state index contributed by atoms with van der Waals surface area (Å²) >= 11 is 0. The fourth-order valence-electron chi connectivity index (χ4n) is 2.75. The number of ether oxygens (including phenoxy) is 1. The molecule has 1 aromatic carbocycles. The van der Waals surface area contributed by atoms with Gasteiger partial charge in [-0.2, -0.15) is 0 Å². The van der Waals surface area contributed by atoms with Crippen molar-refractivity contribution < 1.29 is 4.74 Å². The lowest BCUT2D eigenvalue weighted by atomic mass is 10.3. The van der Waals surface area contributed by atoms with Crippen molar-refractivity contribution in [2.75, 3.05) is 11.9 Å². The zero-order chi connectivity index (χ0) is 14.2. The molecule has 2 aliphatic carbocycles. The Labute approximate surface area is 120 Å². The van der Waals surface area contributed by atoms with Crippen LogP contribution in [0.15, 0.2) is 29.3 Å². The smallest absolute Gasteiger partial charge is 0.193 e. The van der Waals surface area contributed by atoms with Crippen LogP contribution in [0.2, 0.25) is 0 Å². The van der Waals surface area contributed by atoms with Gasteiger partial charge in [0.15, 0.2) is 5.96 Å². The van der Waals surface area contributed by atoms with Crippen molar-refractivity contribution in [2.24, 2.45) is 22.1 Å². The third-order valence-electron chi connectivity index (χ3n) is 4.23. The fourth-order valence-corrected chi connectivity index (χ4v) is 2.75. The summed E-state index contributed by atoms with van der Waals surface area (Å²) in [4.78, 5) is 4.44. The van der Waals surface area contributed by atoms with Gasteiger partial charge in [0.05, 0.1) is 6.10 Å². The first kappa shape index (κ1) is 13.3. The number of benzene rings is 1. The van der Waals surface area contributed by atoms with Gasteiger partial charge in [-0.3, -0.25) is 4.99 Å². The molecule has 0 radical (unpaired) electrons. The number of nitrogens with two attached hydrogens (primary N) is 1. The summed E-state index contributed by atoms with van der Waals surface area (Å²) in [5.74, 6) is 2.16. The Balaban J connectivity index is 1.50. The van der Waals surface area contributed by atoms with E-state index >= 15 is 0 Å². The molecule has 2 aliphatic rings. The highest BCUT2D eigenvalue weighted by atomic mass is 16.5. The molecular weight excluding hydrogens is 250 g/mol. The molecular formula is C16H23N3O. The van der Waals surface area contributed by atoms with Crippen molar-refractivity contribution in [2.45, 2.75) is 39.2 Å². The van der Waals surface area contributed by atoms with Gasteiger partial charge in [0.25, 0.3) is 0 Å². The molecule has 0 aliphatic heterocycles. The van der Waals surface area contributed by atoms with Crippen LogP contribution in [0.4, 0.5) is 5.69 Å². The Hall–Kier alpha value is -1.71. The minimum atomic E-state index is 0.189. The number of nitrogens with one attached hydrogen (secondary N) is 1. The molecule has 2 saturated carbocycles. The summed E-state index contributed by atoms with van der Waals surface area (Å²) in [5, 5.41) is 3.13. The first-order chi connectivity index (χ1) is 9.57. The molecule has 0 heterocycles. The molecule has 2 fully saturated rings. The van der Waals surface area contributed by atoms with Gasteiger partial charge in [-0.05, 0) is 68.7 Å². The molecule has 4 nitrogen and oxygen atoms in total. The first-order valence-electron chi connectivity index (χ1n) is 7.41. The van der Waals surface area contributed by atoms with E-state index in [0.29, 0.717) is 11.4 Å². The molecule has 20 heavy (non-hydrogen) atoms. The van der Waals surface area contributed by atoms with Gasteiger partial charge in [-0.15, -0.1) is 0 Å². The Morgan fingerprint density at radius 1 is 1.40 bits per heavy atom. The number of rotatable bonds is 5.